The van der Waals surface area contributed by atoms with Crippen LogP contribution in [0.25, 0.3) is 0 Å². The summed E-state index contributed by atoms with van der Waals surface area (Å²) in [6.45, 7) is 3.73. The summed E-state index contributed by atoms with van der Waals surface area (Å²) in [5.41, 5.74) is 2.57. The van der Waals surface area contributed by atoms with Crippen LogP contribution in [-0.2, 0) is 10.0 Å². The lowest BCUT2D eigenvalue weighted by atomic mass is 10.1. The number of rotatable bonds is 5. The molecule has 27 heavy (non-hydrogen) atoms. The predicted molar refractivity (Wildman–Crippen MR) is 105 cm³/mol. The Morgan fingerprint density at radius 1 is 1.07 bits per heavy atom. The molecule has 2 aromatic carbocycles. The number of carbonyl (C=O) groups is 1. The Kier molecular flexibility index (Phi) is 5.20. The van der Waals surface area contributed by atoms with E-state index in [1.165, 1.54) is 0 Å². The topological polar surface area (TPSA) is 104 Å². The first-order chi connectivity index (χ1) is 12.7. The van der Waals surface area contributed by atoms with Crippen molar-refractivity contribution in [2.45, 2.75) is 18.9 Å². The molecule has 7 nitrogen and oxygen atoms in total. The molecule has 0 radical (unpaired) electrons. The average molecular weight is 405 g/mol. The summed E-state index contributed by atoms with van der Waals surface area (Å²) in [6, 6.07) is 11.9. The summed E-state index contributed by atoms with van der Waals surface area (Å²) in [5, 5.41) is 8.83. The standard InChI is InChI=1S/C18H17ClN4O3S/c1-11-6-12(2)8-15(7-11)23-27(25,26)18-16(10-20-22-18)17(24)21-14-5-3-4-13(19)9-14/h3-10,23H,1-2H3,(H,20,22)(H,21,24). The number of aromatic nitrogens is 2. The van der Waals surface area contributed by atoms with E-state index in [2.05, 4.69) is 20.2 Å². The smallest absolute Gasteiger partial charge is 0.279 e. The molecule has 3 N–H and O–H groups in total. The predicted octanol–water partition coefficient (Wildman–Crippen LogP) is 3.73. The first kappa shape index (κ1) is 18.9. The molecule has 1 aromatic heterocycles. The number of benzene rings is 2. The Hall–Kier alpha value is -2.84. The van der Waals surface area contributed by atoms with E-state index in [0.717, 1.165) is 17.3 Å². The van der Waals surface area contributed by atoms with Gasteiger partial charge < -0.3 is 5.32 Å². The lowest BCUT2D eigenvalue weighted by molar-refractivity contribution is 0.102. The van der Waals surface area contributed by atoms with Gasteiger partial charge in [0, 0.05) is 16.4 Å². The molecular weight excluding hydrogens is 388 g/mol. The minimum Gasteiger partial charge on any atom is -0.322 e. The molecule has 0 bridgehead atoms. The first-order valence-electron chi connectivity index (χ1n) is 7.96. The minimum atomic E-state index is -4.03. The van der Waals surface area contributed by atoms with Gasteiger partial charge in [0.25, 0.3) is 15.9 Å². The van der Waals surface area contributed by atoms with Crippen LogP contribution in [0.5, 0.6) is 0 Å². The SMILES string of the molecule is Cc1cc(C)cc(NS(=O)(=O)c2[nH]ncc2C(=O)Nc2cccc(Cl)c2)c1. The maximum absolute atomic E-state index is 12.7. The number of amides is 1. The van der Waals surface area contributed by atoms with Crippen LogP contribution in [0, 0.1) is 13.8 Å². The molecule has 3 aromatic rings. The highest BCUT2D eigenvalue weighted by atomic mass is 35.5. The molecule has 0 fully saturated rings. The molecule has 1 heterocycles. The normalized spacial score (nSPS) is 11.2. The summed E-state index contributed by atoms with van der Waals surface area (Å²) < 4.78 is 27.9. The summed E-state index contributed by atoms with van der Waals surface area (Å²) in [4.78, 5) is 12.5. The third kappa shape index (κ3) is 4.47. The van der Waals surface area contributed by atoms with Crippen LogP contribution in [0.4, 0.5) is 11.4 Å². The number of carbonyl (C=O) groups excluding carboxylic acids is 1. The Labute approximate surface area is 161 Å². The highest BCUT2D eigenvalue weighted by Gasteiger charge is 2.25. The number of nitrogens with one attached hydrogen (secondary N) is 3. The second-order valence-corrected chi connectivity index (χ2v) is 8.11. The van der Waals surface area contributed by atoms with Gasteiger partial charge in [-0.2, -0.15) is 13.5 Å². The molecule has 0 spiro atoms. The maximum Gasteiger partial charge on any atom is 0.279 e. The molecular formula is C18H17ClN4O3S. The van der Waals surface area contributed by atoms with Crippen molar-refractivity contribution in [3.63, 3.8) is 0 Å². The molecule has 0 atom stereocenters. The van der Waals surface area contributed by atoms with Crippen LogP contribution in [0.2, 0.25) is 5.02 Å². The van der Waals surface area contributed by atoms with Crippen molar-refractivity contribution in [2.75, 3.05) is 10.0 Å². The number of hydrogen-bond donors (Lipinski definition) is 3. The Bertz CT molecular complexity index is 1090. The largest absolute Gasteiger partial charge is 0.322 e. The second-order valence-electron chi connectivity index (χ2n) is 6.06. The molecule has 1 amide bonds. The quantitative estimate of drug-likeness (QED) is 0.602. The molecule has 0 unspecified atom stereocenters. The molecule has 0 saturated heterocycles. The second kappa shape index (κ2) is 7.42. The third-order valence-corrected chi connectivity index (χ3v) is 5.26. The van der Waals surface area contributed by atoms with Crippen LogP contribution < -0.4 is 10.0 Å². The van der Waals surface area contributed by atoms with Gasteiger partial charge >= 0.3 is 0 Å². The molecule has 3 rings (SSSR count). The van der Waals surface area contributed by atoms with Crippen molar-refractivity contribution < 1.29 is 13.2 Å². The van der Waals surface area contributed by atoms with E-state index in [1.54, 1.807) is 36.4 Å². The molecule has 0 saturated carbocycles. The number of aromatic amines is 1. The number of anilines is 2. The van der Waals surface area contributed by atoms with Gasteiger partial charge in [0.2, 0.25) is 0 Å². The Balaban J connectivity index is 1.87. The van der Waals surface area contributed by atoms with Crippen LogP contribution in [0.15, 0.2) is 53.7 Å². The zero-order valence-electron chi connectivity index (χ0n) is 14.6. The van der Waals surface area contributed by atoms with E-state index in [0.29, 0.717) is 16.4 Å². The van der Waals surface area contributed by atoms with E-state index < -0.39 is 15.9 Å². The lowest BCUT2D eigenvalue weighted by Crippen LogP contribution is -2.20. The van der Waals surface area contributed by atoms with Crippen LogP contribution >= 0.6 is 11.6 Å². The average Bonchev–Trinajstić information content (AvgIpc) is 3.04. The van der Waals surface area contributed by atoms with Gasteiger partial charge in [-0.25, -0.2) is 0 Å². The van der Waals surface area contributed by atoms with Crippen molar-refractivity contribution in [2.24, 2.45) is 0 Å². The van der Waals surface area contributed by atoms with E-state index in [9.17, 15) is 13.2 Å². The van der Waals surface area contributed by atoms with Gasteiger partial charge in [-0.15, -0.1) is 0 Å². The number of sulfonamides is 1. The van der Waals surface area contributed by atoms with Gasteiger partial charge in [0.1, 0.15) is 0 Å². The van der Waals surface area contributed by atoms with Gasteiger partial charge in [0.15, 0.2) is 5.03 Å². The van der Waals surface area contributed by atoms with Gasteiger partial charge in [-0.05, 0) is 55.3 Å². The zero-order valence-corrected chi connectivity index (χ0v) is 16.1. The van der Waals surface area contributed by atoms with Gasteiger partial charge in [-0.1, -0.05) is 23.7 Å². The van der Waals surface area contributed by atoms with Crippen LogP contribution in [0.1, 0.15) is 21.5 Å². The van der Waals surface area contributed by atoms with Crippen molar-refractivity contribution in [3.8, 4) is 0 Å². The van der Waals surface area contributed by atoms with E-state index in [-0.39, 0.29) is 10.6 Å². The molecule has 9 heteroatoms. The van der Waals surface area contributed by atoms with E-state index in [4.69, 9.17) is 11.6 Å². The van der Waals surface area contributed by atoms with E-state index in [1.807, 2.05) is 19.9 Å². The van der Waals surface area contributed by atoms with Gasteiger partial charge in [0.05, 0.1) is 11.8 Å². The summed E-state index contributed by atoms with van der Waals surface area (Å²) >= 11 is 5.90. The molecule has 0 aliphatic heterocycles. The fourth-order valence-electron chi connectivity index (χ4n) is 2.65. The van der Waals surface area contributed by atoms with Gasteiger partial charge in [-0.3, -0.25) is 14.6 Å². The van der Waals surface area contributed by atoms with Crippen molar-refractivity contribution in [1.29, 1.82) is 0 Å². The number of H-pyrrole nitrogens is 1. The Morgan fingerprint density at radius 2 is 1.78 bits per heavy atom. The highest BCUT2D eigenvalue weighted by molar-refractivity contribution is 7.92. The molecule has 0 aliphatic carbocycles. The van der Waals surface area contributed by atoms with Crippen molar-refractivity contribution >= 4 is 38.9 Å². The molecule has 0 aliphatic rings. The summed E-state index contributed by atoms with van der Waals surface area (Å²) in [7, 11) is -4.03. The number of halogens is 1. The third-order valence-electron chi connectivity index (χ3n) is 3.67. The molecule has 140 valence electrons. The van der Waals surface area contributed by atoms with Crippen LogP contribution in [0.3, 0.4) is 0 Å². The summed E-state index contributed by atoms with van der Waals surface area (Å²) in [5.74, 6) is -0.619. The highest BCUT2D eigenvalue weighted by Crippen LogP contribution is 2.21. The monoisotopic (exact) mass is 404 g/mol. The Morgan fingerprint density at radius 3 is 2.44 bits per heavy atom. The number of hydrogen-bond acceptors (Lipinski definition) is 4. The minimum absolute atomic E-state index is 0.105. The first-order valence-corrected chi connectivity index (χ1v) is 9.82. The van der Waals surface area contributed by atoms with Crippen molar-refractivity contribution in [3.05, 3.63) is 70.4 Å². The maximum atomic E-state index is 12.7. The number of aryl methyl sites for hydroxylation is 2. The lowest BCUT2D eigenvalue weighted by Gasteiger charge is -2.10. The van der Waals surface area contributed by atoms with E-state index >= 15 is 0 Å². The van der Waals surface area contributed by atoms with Crippen molar-refractivity contribution in [1.82, 2.24) is 10.2 Å². The van der Waals surface area contributed by atoms with Crippen LogP contribution in [-0.4, -0.2) is 24.5 Å². The zero-order chi connectivity index (χ0) is 19.6. The summed E-state index contributed by atoms with van der Waals surface area (Å²) in [6.07, 6.45) is 1.16. The fraction of sp³-hybridized carbons (Fsp3) is 0.111. The number of nitrogens with zero attached hydrogens (tertiary/aromatic N) is 1. The fourth-order valence-corrected chi connectivity index (χ4v) is 3.97.